The van der Waals surface area contributed by atoms with Crippen LogP contribution in [0.15, 0.2) is 52.1 Å². The van der Waals surface area contributed by atoms with Gasteiger partial charge in [0.15, 0.2) is 11.6 Å². The zero-order valence-electron chi connectivity index (χ0n) is 12.6. The maximum Gasteiger partial charge on any atom is 0.241 e. The zero-order valence-corrected chi connectivity index (χ0v) is 15.1. The van der Waals surface area contributed by atoms with E-state index in [1.807, 2.05) is 16.8 Å². The van der Waals surface area contributed by atoms with E-state index in [4.69, 9.17) is 0 Å². The van der Waals surface area contributed by atoms with Crippen molar-refractivity contribution < 1.29 is 22.3 Å². The van der Waals surface area contributed by atoms with Crippen LogP contribution in [-0.2, 0) is 16.6 Å². The Morgan fingerprint density at radius 3 is 2.60 bits per heavy atom. The van der Waals surface area contributed by atoms with E-state index in [0.717, 1.165) is 17.7 Å². The predicted molar refractivity (Wildman–Crippen MR) is 93.1 cm³/mol. The number of sulfonamides is 1. The highest BCUT2D eigenvalue weighted by Crippen LogP contribution is 2.29. The number of halogens is 2. The first kappa shape index (κ1) is 18.2. The Labute approximate surface area is 151 Å². The highest BCUT2D eigenvalue weighted by molar-refractivity contribution is 7.89. The minimum atomic E-state index is -3.96. The van der Waals surface area contributed by atoms with Gasteiger partial charge in [-0.15, -0.1) is 11.3 Å². The maximum atomic E-state index is 13.2. The minimum absolute atomic E-state index is 0.0116. The molecule has 25 heavy (non-hydrogen) atoms. The molecule has 132 valence electrons. The minimum Gasteiger partial charge on any atom is -0.383 e. The molecule has 1 unspecified atom stereocenters. The van der Waals surface area contributed by atoms with E-state index in [1.165, 1.54) is 22.7 Å². The summed E-state index contributed by atoms with van der Waals surface area (Å²) >= 11 is 2.75. The lowest BCUT2D eigenvalue weighted by Gasteiger charge is -2.07. The number of aliphatic hydroxyl groups is 1. The summed E-state index contributed by atoms with van der Waals surface area (Å²) in [7, 11) is -3.96. The molecular weight excluding hydrogens is 388 g/mol. The molecule has 0 aliphatic heterocycles. The molecule has 0 amide bonds. The van der Waals surface area contributed by atoms with Crippen molar-refractivity contribution in [1.82, 2.24) is 4.72 Å². The molecule has 4 nitrogen and oxygen atoms in total. The monoisotopic (exact) mass is 401 g/mol. The molecule has 0 bridgehead atoms. The molecule has 2 aromatic heterocycles. The van der Waals surface area contributed by atoms with Gasteiger partial charge in [-0.2, -0.15) is 11.3 Å². The third kappa shape index (κ3) is 4.13. The van der Waals surface area contributed by atoms with Crippen molar-refractivity contribution in [1.29, 1.82) is 0 Å². The Bertz CT molecular complexity index is 968. The summed E-state index contributed by atoms with van der Waals surface area (Å²) < 4.78 is 52.8. The summed E-state index contributed by atoms with van der Waals surface area (Å²) in [6, 6.07) is 7.67. The summed E-state index contributed by atoms with van der Waals surface area (Å²) in [4.78, 5) is 1.04. The van der Waals surface area contributed by atoms with E-state index < -0.39 is 27.8 Å². The van der Waals surface area contributed by atoms with E-state index in [1.54, 1.807) is 12.1 Å². The molecule has 3 rings (SSSR count). The van der Waals surface area contributed by atoms with Crippen molar-refractivity contribution in [3.63, 3.8) is 0 Å². The second kappa shape index (κ2) is 7.30. The van der Waals surface area contributed by atoms with Crippen molar-refractivity contribution in [3.8, 4) is 0 Å². The smallest absolute Gasteiger partial charge is 0.241 e. The number of rotatable bonds is 6. The largest absolute Gasteiger partial charge is 0.383 e. The van der Waals surface area contributed by atoms with E-state index in [-0.39, 0.29) is 11.4 Å². The molecule has 0 saturated heterocycles. The van der Waals surface area contributed by atoms with Crippen molar-refractivity contribution in [2.45, 2.75) is 17.5 Å². The van der Waals surface area contributed by atoms with Crippen molar-refractivity contribution in [2.75, 3.05) is 0 Å². The second-order valence-electron chi connectivity index (χ2n) is 5.16. The van der Waals surface area contributed by atoms with Gasteiger partial charge < -0.3 is 5.11 Å². The molecule has 0 fully saturated rings. The fraction of sp³-hybridized carbons (Fsp3) is 0.125. The molecule has 1 aromatic carbocycles. The third-order valence-corrected chi connectivity index (χ3v) is 6.69. The summed E-state index contributed by atoms with van der Waals surface area (Å²) in [5.41, 5.74) is 0.778. The molecule has 1 atom stereocenters. The van der Waals surface area contributed by atoms with Gasteiger partial charge in [0, 0.05) is 16.3 Å². The van der Waals surface area contributed by atoms with Crippen molar-refractivity contribution in [2.24, 2.45) is 0 Å². The quantitative estimate of drug-likeness (QED) is 0.663. The van der Waals surface area contributed by atoms with Gasteiger partial charge in [-0.05, 0) is 52.7 Å². The van der Waals surface area contributed by atoms with Gasteiger partial charge in [0.2, 0.25) is 10.0 Å². The number of benzene rings is 1. The van der Waals surface area contributed by atoms with E-state index in [9.17, 15) is 22.3 Å². The van der Waals surface area contributed by atoms with Crippen LogP contribution in [0.25, 0.3) is 0 Å². The highest BCUT2D eigenvalue weighted by atomic mass is 32.2. The lowest BCUT2D eigenvalue weighted by atomic mass is 10.2. The summed E-state index contributed by atoms with van der Waals surface area (Å²) in [5.74, 6) is -2.33. The number of thiophene rings is 2. The number of hydrogen-bond donors (Lipinski definition) is 2. The van der Waals surface area contributed by atoms with Gasteiger partial charge in [-0.25, -0.2) is 21.9 Å². The van der Waals surface area contributed by atoms with Crippen LogP contribution in [-0.4, -0.2) is 13.5 Å². The van der Waals surface area contributed by atoms with E-state index in [2.05, 4.69) is 4.72 Å². The molecule has 0 spiro atoms. The lowest BCUT2D eigenvalue weighted by molar-refractivity contribution is 0.224. The van der Waals surface area contributed by atoms with Gasteiger partial charge in [0.1, 0.15) is 6.10 Å². The molecule has 2 heterocycles. The van der Waals surface area contributed by atoms with Crippen LogP contribution in [0.2, 0.25) is 0 Å². The summed E-state index contributed by atoms with van der Waals surface area (Å²) in [6.45, 7) is -0.0116. The fourth-order valence-electron chi connectivity index (χ4n) is 2.12. The Balaban J connectivity index is 1.70. The molecule has 9 heteroatoms. The molecular formula is C16H13F2NO3S3. The topological polar surface area (TPSA) is 66.4 Å². The van der Waals surface area contributed by atoms with Gasteiger partial charge in [-0.1, -0.05) is 0 Å². The molecule has 0 radical (unpaired) electrons. The molecule has 0 saturated carbocycles. The van der Waals surface area contributed by atoms with Crippen LogP contribution in [0.3, 0.4) is 0 Å². The Morgan fingerprint density at radius 2 is 1.92 bits per heavy atom. The molecule has 2 N–H and O–H groups in total. The van der Waals surface area contributed by atoms with E-state index >= 15 is 0 Å². The Kier molecular flexibility index (Phi) is 5.30. The standard InChI is InChI=1S/C16H13F2NO3S3/c17-13-3-2-12(7-14(13)18)25(21,22)19-8-11-1-4-15(24-11)16(20)10-5-6-23-9-10/h1-7,9,16,19-20H,8H2. The van der Waals surface area contributed by atoms with Gasteiger partial charge in [-0.3, -0.25) is 0 Å². The van der Waals surface area contributed by atoms with Crippen molar-refractivity contribution >= 4 is 32.7 Å². The van der Waals surface area contributed by atoms with Crippen LogP contribution < -0.4 is 4.72 Å². The average molecular weight is 401 g/mol. The number of nitrogens with one attached hydrogen (secondary N) is 1. The summed E-state index contributed by atoms with van der Waals surface area (Å²) in [6.07, 6.45) is -0.757. The predicted octanol–water partition coefficient (Wildman–Crippen LogP) is 3.65. The fourth-order valence-corrected chi connectivity index (χ4v) is 4.88. The molecule has 3 aromatic rings. The maximum absolute atomic E-state index is 13.2. The van der Waals surface area contributed by atoms with Crippen LogP contribution >= 0.6 is 22.7 Å². The third-order valence-electron chi connectivity index (χ3n) is 3.45. The first-order chi connectivity index (χ1) is 11.9. The Hall–Kier alpha value is -1.65. The van der Waals surface area contributed by atoms with E-state index in [0.29, 0.717) is 15.8 Å². The SMILES string of the molecule is O=S(=O)(NCc1ccc(C(O)c2ccsc2)s1)c1ccc(F)c(F)c1. The lowest BCUT2D eigenvalue weighted by Crippen LogP contribution is -2.23. The average Bonchev–Trinajstić information content (AvgIpc) is 3.26. The first-order valence-corrected chi connectivity index (χ1v) is 10.3. The van der Waals surface area contributed by atoms with Crippen molar-refractivity contribution in [3.05, 3.63) is 74.1 Å². The molecule has 0 aliphatic rings. The first-order valence-electron chi connectivity index (χ1n) is 7.10. The summed E-state index contributed by atoms with van der Waals surface area (Å²) in [5, 5.41) is 14.0. The highest BCUT2D eigenvalue weighted by Gasteiger charge is 2.18. The van der Waals surface area contributed by atoms with Gasteiger partial charge >= 0.3 is 0 Å². The van der Waals surface area contributed by atoms with Crippen LogP contribution in [0.1, 0.15) is 21.4 Å². The normalized spacial score (nSPS) is 13.1. The molecule has 0 aliphatic carbocycles. The second-order valence-corrected chi connectivity index (χ2v) is 8.91. The zero-order chi connectivity index (χ0) is 18.0. The van der Waals surface area contributed by atoms with Crippen LogP contribution in [0.4, 0.5) is 8.78 Å². The number of aliphatic hydroxyl groups excluding tert-OH is 1. The van der Waals surface area contributed by atoms with Crippen LogP contribution in [0.5, 0.6) is 0 Å². The van der Waals surface area contributed by atoms with Gasteiger partial charge in [0.05, 0.1) is 4.90 Å². The number of hydrogen-bond acceptors (Lipinski definition) is 5. The van der Waals surface area contributed by atoms with Crippen LogP contribution in [0, 0.1) is 11.6 Å². The Morgan fingerprint density at radius 1 is 1.12 bits per heavy atom. The van der Waals surface area contributed by atoms with Gasteiger partial charge in [0.25, 0.3) is 0 Å².